The Morgan fingerprint density at radius 1 is 0.870 bits per heavy atom. The molecule has 0 aliphatic rings. The zero-order chi connectivity index (χ0) is 17.0. The molecule has 0 radical (unpaired) electrons. The molecule has 0 unspecified atom stereocenters. The number of benzene rings is 2. The summed E-state index contributed by atoms with van der Waals surface area (Å²) in [7, 11) is -4.59. The van der Waals surface area contributed by atoms with E-state index >= 15 is 0 Å². The van der Waals surface area contributed by atoms with Gasteiger partial charge in [-0.1, -0.05) is 51.1 Å². The van der Waals surface area contributed by atoms with E-state index in [1.54, 1.807) is 12.1 Å². The number of rotatable bonds is 6. The summed E-state index contributed by atoms with van der Waals surface area (Å²) < 4.78 is 16.1. The number of hydrogen-bond donors (Lipinski definition) is 2. The second-order valence-corrected chi connectivity index (χ2v) is 6.53. The van der Waals surface area contributed by atoms with Gasteiger partial charge in [-0.15, -0.1) is 0 Å². The standard InChI is InChI=1S/C18H23O4P/c1-4-13-11-12-16(15(6-3)14(13)5-2)17-9-7-8-10-18(17)22-23(19,20)21/h7-12H,4-6H2,1-3H3,(H2,19,20,21). The molecule has 5 heteroatoms. The molecular formula is C18H23O4P. The molecule has 0 bridgehead atoms. The van der Waals surface area contributed by atoms with Crippen LogP contribution in [0.15, 0.2) is 36.4 Å². The maximum absolute atomic E-state index is 11.2. The largest absolute Gasteiger partial charge is 0.524 e. The van der Waals surface area contributed by atoms with Gasteiger partial charge in [0.2, 0.25) is 0 Å². The van der Waals surface area contributed by atoms with Gasteiger partial charge in [0.05, 0.1) is 0 Å². The third-order valence-corrected chi connectivity index (χ3v) is 4.45. The van der Waals surface area contributed by atoms with Crippen LogP contribution in [0.25, 0.3) is 11.1 Å². The molecule has 0 spiro atoms. The Labute approximate surface area is 137 Å². The van der Waals surface area contributed by atoms with E-state index in [9.17, 15) is 4.57 Å². The highest BCUT2D eigenvalue weighted by molar-refractivity contribution is 7.46. The molecule has 0 amide bonds. The SMILES string of the molecule is CCc1ccc(-c2ccccc2OP(=O)(O)O)c(CC)c1CC. The minimum Gasteiger partial charge on any atom is -0.404 e. The van der Waals surface area contributed by atoms with E-state index in [-0.39, 0.29) is 5.75 Å². The molecule has 124 valence electrons. The summed E-state index contributed by atoms with van der Waals surface area (Å²) in [4.78, 5) is 18.3. The zero-order valence-corrected chi connectivity index (χ0v) is 14.6. The van der Waals surface area contributed by atoms with Crippen LogP contribution in [-0.4, -0.2) is 9.79 Å². The minimum absolute atomic E-state index is 0.210. The van der Waals surface area contributed by atoms with Crippen molar-refractivity contribution in [2.24, 2.45) is 0 Å². The number of para-hydroxylation sites is 1. The van der Waals surface area contributed by atoms with Crippen molar-refractivity contribution in [2.45, 2.75) is 40.0 Å². The van der Waals surface area contributed by atoms with Crippen molar-refractivity contribution in [3.05, 3.63) is 53.1 Å². The van der Waals surface area contributed by atoms with Gasteiger partial charge in [-0.2, -0.15) is 0 Å². The lowest BCUT2D eigenvalue weighted by Gasteiger charge is -2.19. The molecule has 0 heterocycles. The Balaban J connectivity index is 2.66. The van der Waals surface area contributed by atoms with Gasteiger partial charge in [0.15, 0.2) is 0 Å². The minimum atomic E-state index is -4.59. The van der Waals surface area contributed by atoms with Crippen molar-refractivity contribution >= 4 is 7.82 Å². The number of hydrogen-bond acceptors (Lipinski definition) is 2. The van der Waals surface area contributed by atoms with Crippen molar-refractivity contribution < 1.29 is 18.9 Å². The topological polar surface area (TPSA) is 66.8 Å². The average Bonchev–Trinajstić information content (AvgIpc) is 2.52. The predicted octanol–water partition coefficient (Wildman–Crippen LogP) is 4.51. The van der Waals surface area contributed by atoms with Gasteiger partial charge < -0.3 is 4.52 Å². The fourth-order valence-corrected chi connectivity index (χ4v) is 3.48. The van der Waals surface area contributed by atoms with Crippen molar-refractivity contribution in [3.8, 4) is 16.9 Å². The average molecular weight is 334 g/mol. The van der Waals surface area contributed by atoms with Crippen LogP contribution < -0.4 is 4.52 Å². The van der Waals surface area contributed by atoms with Gasteiger partial charge in [-0.3, -0.25) is 9.79 Å². The number of aryl methyl sites for hydroxylation is 1. The molecule has 2 aromatic rings. The third-order valence-electron chi connectivity index (χ3n) is 4.01. The van der Waals surface area contributed by atoms with Crippen LogP contribution >= 0.6 is 7.82 Å². The molecular weight excluding hydrogens is 311 g/mol. The molecule has 2 rings (SSSR count). The van der Waals surface area contributed by atoms with E-state index in [4.69, 9.17) is 14.3 Å². The molecule has 0 saturated heterocycles. The van der Waals surface area contributed by atoms with Crippen LogP contribution in [0.4, 0.5) is 0 Å². The first kappa shape index (κ1) is 17.7. The lowest BCUT2D eigenvalue weighted by molar-refractivity contribution is 0.283. The Morgan fingerprint density at radius 3 is 2.09 bits per heavy atom. The fourth-order valence-electron chi connectivity index (χ4n) is 3.07. The molecule has 0 aliphatic carbocycles. The first-order valence-electron chi connectivity index (χ1n) is 7.89. The molecule has 23 heavy (non-hydrogen) atoms. The van der Waals surface area contributed by atoms with E-state index in [0.717, 1.165) is 24.8 Å². The van der Waals surface area contributed by atoms with E-state index in [1.807, 2.05) is 18.2 Å². The van der Waals surface area contributed by atoms with Crippen molar-refractivity contribution in [1.82, 2.24) is 0 Å². The second kappa shape index (κ2) is 7.31. The lowest BCUT2D eigenvalue weighted by atomic mass is 9.88. The summed E-state index contributed by atoms with van der Waals surface area (Å²) in [6, 6.07) is 11.1. The van der Waals surface area contributed by atoms with Crippen LogP contribution in [0.2, 0.25) is 0 Å². The van der Waals surface area contributed by atoms with Crippen LogP contribution in [0.1, 0.15) is 37.5 Å². The summed E-state index contributed by atoms with van der Waals surface area (Å²) in [6.45, 7) is 6.37. The maximum Gasteiger partial charge on any atom is 0.524 e. The summed E-state index contributed by atoms with van der Waals surface area (Å²) >= 11 is 0. The lowest BCUT2D eigenvalue weighted by Crippen LogP contribution is -2.01. The predicted molar refractivity (Wildman–Crippen MR) is 92.7 cm³/mol. The van der Waals surface area contributed by atoms with Gasteiger partial charge in [-0.05, 0) is 47.6 Å². The van der Waals surface area contributed by atoms with Gasteiger partial charge in [0, 0.05) is 5.56 Å². The first-order chi connectivity index (χ1) is 10.9. The normalized spacial score (nSPS) is 11.5. The maximum atomic E-state index is 11.2. The van der Waals surface area contributed by atoms with E-state index in [2.05, 4.69) is 26.8 Å². The van der Waals surface area contributed by atoms with E-state index < -0.39 is 7.82 Å². The summed E-state index contributed by atoms with van der Waals surface area (Å²) in [6.07, 6.45) is 2.76. The van der Waals surface area contributed by atoms with Crippen LogP contribution in [0, 0.1) is 0 Å². The van der Waals surface area contributed by atoms with Crippen LogP contribution in [-0.2, 0) is 23.8 Å². The van der Waals surface area contributed by atoms with Crippen molar-refractivity contribution in [1.29, 1.82) is 0 Å². The summed E-state index contributed by atoms with van der Waals surface area (Å²) in [5.41, 5.74) is 5.55. The molecule has 0 atom stereocenters. The van der Waals surface area contributed by atoms with E-state index in [1.165, 1.54) is 16.7 Å². The molecule has 2 N–H and O–H groups in total. The summed E-state index contributed by atoms with van der Waals surface area (Å²) in [5, 5.41) is 0. The Bertz CT molecular complexity index is 734. The number of phosphoric ester groups is 1. The molecule has 0 aliphatic heterocycles. The smallest absolute Gasteiger partial charge is 0.404 e. The summed E-state index contributed by atoms with van der Waals surface area (Å²) in [5.74, 6) is 0.210. The third kappa shape index (κ3) is 4.03. The monoisotopic (exact) mass is 334 g/mol. The highest BCUT2D eigenvalue weighted by Gasteiger charge is 2.20. The van der Waals surface area contributed by atoms with Gasteiger partial charge in [0.1, 0.15) is 5.75 Å². The zero-order valence-electron chi connectivity index (χ0n) is 13.7. The van der Waals surface area contributed by atoms with Crippen molar-refractivity contribution in [3.63, 3.8) is 0 Å². The molecule has 4 nitrogen and oxygen atoms in total. The van der Waals surface area contributed by atoms with Gasteiger partial charge >= 0.3 is 7.82 Å². The highest BCUT2D eigenvalue weighted by Crippen LogP contribution is 2.43. The Kier molecular flexibility index (Phi) is 5.64. The fraction of sp³-hybridized carbons (Fsp3) is 0.333. The van der Waals surface area contributed by atoms with Crippen LogP contribution in [0.3, 0.4) is 0 Å². The van der Waals surface area contributed by atoms with Crippen LogP contribution in [0.5, 0.6) is 5.75 Å². The second-order valence-electron chi connectivity index (χ2n) is 5.37. The van der Waals surface area contributed by atoms with E-state index in [0.29, 0.717) is 5.56 Å². The molecule has 0 fully saturated rings. The quantitative estimate of drug-likeness (QED) is 0.763. The van der Waals surface area contributed by atoms with Crippen molar-refractivity contribution in [2.75, 3.05) is 0 Å². The first-order valence-corrected chi connectivity index (χ1v) is 9.42. The van der Waals surface area contributed by atoms with Gasteiger partial charge in [-0.25, -0.2) is 4.57 Å². The Morgan fingerprint density at radius 2 is 1.52 bits per heavy atom. The number of phosphoric acid groups is 1. The molecule has 0 saturated carbocycles. The molecule has 0 aromatic heterocycles. The highest BCUT2D eigenvalue weighted by atomic mass is 31.2. The Hall–Kier alpha value is -1.61. The van der Waals surface area contributed by atoms with Gasteiger partial charge in [0.25, 0.3) is 0 Å². The molecule has 2 aromatic carbocycles.